The maximum Gasteiger partial charge on any atom is 0.245 e. The molecule has 0 saturated carbocycles. The molecule has 0 unspecified atom stereocenters. The van der Waals surface area contributed by atoms with E-state index in [1.165, 1.54) is 15.4 Å². The number of aromatic nitrogens is 1. The minimum Gasteiger partial charge on any atom is -0.261 e. The molecule has 1 N–H and O–H groups in total. The van der Waals surface area contributed by atoms with Crippen LogP contribution in [0, 0.1) is 6.92 Å². The maximum atomic E-state index is 12.8. The summed E-state index contributed by atoms with van der Waals surface area (Å²) in [5.74, 6) is 0.497. The van der Waals surface area contributed by atoms with E-state index in [1.54, 1.807) is 23.5 Å². The molecule has 0 spiro atoms. The zero-order chi connectivity index (χ0) is 19.5. The number of rotatable bonds is 7. The van der Waals surface area contributed by atoms with Crippen LogP contribution in [0.4, 0.5) is 5.82 Å². The average Bonchev–Trinajstić information content (AvgIpc) is 2.98. The Kier molecular flexibility index (Phi) is 6.54. The molecule has 2 aromatic rings. The summed E-state index contributed by atoms with van der Waals surface area (Å²) < 4.78 is 27.1. The standard InChI is InChI=1S/C18H26N4O2S2/c1-12(2)22(13(3)4)26(23,24)16-8-10-18(19-11-16)21-20-15(6)17-9-7-14(5)25-17/h7-13H,1-6H3,(H,19,21)/b20-15-. The van der Waals surface area contributed by atoms with Gasteiger partial charge in [-0.3, -0.25) is 5.43 Å². The van der Waals surface area contributed by atoms with Gasteiger partial charge in [0.25, 0.3) is 0 Å². The highest BCUT2D eigenvalue weighted by atomic mass is 32.2. The van der Waals surface area contributed by atoms with Crippen LogP contribution in [0.2, 0.25) is 0 Å². The minimum absolute atomic E-state index is 0.126. The van der Waals surface area contributed by atoms with E-state index in [9.17, 15) is 8.42 Å². The predicted octanol–water partition coefficient (Wildman–Crippen LogP) is 4.10. The van der Waals surface area contributed by atoms with Gasteiger partial charge in [-0.25, -0.2) is 13.4 Å². The van der Waals surface area contributed by atoms with E-state index in [4.69, 9.17) is 0 Å². The van der Waals surface area contributed by atoms with Crippen LogP contribution in [0.3, 0.4) is 0 Å². The number of sulfonamides is 1. The van der Waals surface area contributed by atoms with Crippen LogP contribution < -0.4 is 5.43 Å². The molecular weight excluding hydrogens is 368 g/mol. The molecule has 8 heteroatoms. The number of pyridine rings is 1. The summed E-state index contributed by atoms with van der Waals surface area (Å²) >= 11 is 1.67. The van der Waals surface area contributed by atoms with Gasteiger partial charge in [-0.05, 0) is 65.8 Å². The van der Waals surface area contributed by atoms with Crippen molar-refractivity contribution < 1.29 is 8.42 Å². The molecular formula is C18H26N4O2S2. The molecule has 0 bridgehead atoms. The molecule has 0 atom stereocenters. The van der Waals surface area contributed by atoms with E-state index < -0.39 is 10.0 Å². The fourth-order valence-corrected chi connectivity index (χ4v) is 5.29. The highest BCUT2D eigenvalue weighted by Gasteiger charge is 2.29. The lowest BCUT2D eigenvalue weighted by Gasteiger charge is -2.29. The Bertz CT molecular complexity index is 861. The molecule has 2 aromatic heterocycles. The van der Waals surface area contributed by atoms with Crippen LogP contribution in [-0.2, 0) is 10.0 Å². The molecule has 0 radical (unpaired) electrons. The number of hydrazone groups is 1. The minimum atomic E-state index is -3.58. The first-order valence-corrected chi connectivity index (χ1v) is 10.7. The Hall–Kier alpha value is -1.77. The third-order valence-corrected chi connectivity index (χ3v) is 7.11. The largest absolute Gasteiger partial charge is 0.261 e. The number of nitrogens with one attached hydrogen (secondary N) is 1. The van der Waals surface area contributed by atoms with Crippen molar-refractivity contribution in [2.75, 3.05) is 5.43 Å². The van der Waals surface area contributed by atoms with Gasteiger partial charge >= 0.3 is 0 Å². The lowest BCUT2D eigenvalue weighted by molar-refractivity contribution is 0.302. The fourth-order valence-electron chi connectivity index (χ4n) is 2.70. The summed E-state index contributed by atoms with van der Waals surface area (Å²) in [7, 11) is -3.58. The molecule has 0 aromatic carbocycles. The van der Waals surface area contributed by atoms with Gasteiger partial charge in [0, 0.05) is 23.2 Å². The SMILES string of the molecule is C/C(=N/Nc1ccc(S(=O)(=O)N(C(C)C)C(C)C)cn1)c1ccc(C)s1. The van der Waals surface area contributed by atoms with Crippen LogP contribution in [0.1, 0.15) is 44.4 Å². The number of hydrogen-bond acceptors (Lipinski definition) is 6. The highest BCUT2D eigenvalue weighted by Crippen LogP contribution is 2.21. The molecule has 0 fully saturated rings. The second kappa shape index (κ2) is 8.28. The first kappa shape index (κ1) is 20.5. The maximum absolute atomic E-state index is 12.8. The monoisotopic (exact) mass is 394 g/mol. The number of anilines is 1. The van der Waals surface area contributed by atoms with Crippen LogP contribution >= 0.6 is 11.3 Å². The first-order valence-electron chi connectivity index (χ1n) is 8.49. The Balaban J connectivity index is 2.17. The second-order valence-electron chi connectivity index (χ2n) is 6.62. The average molecular weight is 395 g/mol. The molecule has 2 heterocycles. The zero-order valence-corrected chi connectivity index (χ0v) is 17.6. The van der Waals surface area contributed by atoms with E-state index in [-0.39, 0.29) is 17.0 Å². The van der Waals surface area contributed by atoms with Crippen molar-refractivity contribution in [2.45, 2.75) is 58.5 Å². The number of aryl methyl sites for hydroxylation is 1. The molecule has 0 aliphatic carbocycles. The van der Waals surface area contributed by atoms with Gasteiger partial charge in [0.05, 0.1) is 10.6 Å². The zero-order valence-electron chi connectivity index (χ0n) is 16.0. The van der Waals surface area contributed by atoms with Gasteiger partial charge in [0.1, 0.15) is 10.7 Å². The second-order valence-corrected chi connectivity index (χ2v) is 9.75. The molecule has 0 saturated heterocycles. The van der Waals surface area contributed by atoms with Crippen molar-refractivity contribution in [2.24, 2.45) is 5.10 Å². The number of hydrogen-bond donors (Lipinski definition) is 1. The van der Waals surface area contributed by atoms with E-state index >= 15 is 0 Å². The Labute approximate surface area is 160 Å². The van der Waals surface area contributed by atoms with Crippen LogP contribution in [0.15, 0.2) is 40.5 Å². The van der Waals surface area contributed by atoms with E-state index in [0.717, 1.165) is 10.6 Å². The topological polar surface area (TPSA) is 74.7 Å². The Morgan fingerprint density at radius 1 is 1.15 bits per heavy atom. The quantitative estimate of drug-likeness (QED) is 0.567. The van der Waals surface area contributed by atoms with Gasteiger partial charge in [0.15, 0.2) is 0 Å². The molecule has 142 valence electrons. The van der Waals surface area contributed by atoms with E-state index in [2.05, 4.69) is 15.5 Å². The molecule has 6 nitrogen and oxygen atoms in total. The normalized spacial score (nSPS) is 13.0. The summed E-state index contributed by atoms with van der Waals surface area (Å²) in [5, 5.41) is 4.32. The summed E-state index contributed by atoms with van der Waals surface area (Å²) in [6, 6.07) is 7.01. The smallest absolute Gasteiger partial charge is 0.245 e. The van der Waals surface area contributed by atoms with Crippen molar-refractivity contribution in [3.63, 3.8) is 0 Å². The summed E-state index contributed by atoms with van der Waals surface area (Å²) in [4.78, 5) is 6.68. The van der Waals surface area contributed by atoms with Crippen molar-refractivity contribution in [3.05, 3.63) is 40.2 Å². The lowest BCUT2D eigenvalue weighted by atomic mass is 10.3. The summed E-state index contributed by atoms with van der Waals surface area (Å²) in [6.45, 7) is 11.4. The van der Waals surface area contributed by atoms with Crippen LogP contribution in [-0.4, -0.2) is 35.5 Å². The van der Waals surface area contributed by atoms with Gasteiger partial charge in [-0.1, -0.05) is 0 Å². The number of thiophene rings is 1. The van der Waals surface area contributed by atoms with E-state index in [1.807, 2.05) is 53.7 Å². The molecule has 26 heavy (non-hydrogen) atoms. The lowest BCUT2D eigenvalue weighted by Crippen LogP contribution is -2.41. The number of nitrogens with zero attached hydrogens (tertiary/aromatic N) is 3. The van der Waals surface area contributed by atoms with Crippen molar-refractivity contribution in [1.29, 1.82) is 0 Å². The van der Waals surface area contributed by atoms with Gasteiger partial charge < -0.3 is 0 Å². The third-order valence-electron chi connectivity index (χ3n) is 3.76. The summed E-state index contributed by atoms with van der Waals surface area (Å²) in [6.07, 6.45) is 1.37. The van der Waals surface area contributed by atoms with Crippen molar-refractivity contribution in [3.8, 4) is 0 Å². The summed E-state index contributed by atoms with van der Waals surface area (Å²) in [5.41, 5.74) is 3.73. The van der Waals surface area contributed by atoms with Crippen molar-refractivity contribution in [1.82, 2.24) is 9.29 Å². The van der Waals surface area contributed by atoms with Crippen molar-refractivity contribution >= 4 is 32.9 Å². The molecule has 0 aliphatic rings. The first-order chi connectivity index (χ1) is 12.1. The molecule has 0 amide bonds. The Morgan fingerprint density at radius 2 is 1.81 bits per heavy atom. The van der Waals surface area contributed by atoms with E-state index in [0.29, 0.717) is 5.82 Å². The van der Waals surface area contributed by atoms with Gasteiger partial charge in [-0.15, -0.1) is 11.3 Å². The fraction of sp³-hybridized carbons (Fsp3) is 0.444. The van der Waals surface area contributed by atoms with Crippen LogP contribution in [0.25, 0.3) is 0 Å². The van der Waals surface area contributed by atoms with Gasteiger partial charge in [-0.2, -0.15) is 9.41 Å². The molecule has 2 rings (SSSR count). The Morgan fingerprint density at radius 3 is 2.27 bits per heavy atom. The van der Waals surface area contributed by atoms with Gasteiger partial charge in [0.2, 0.25) is 10.0 Å². The van der Waals surface area contributed by atoms with Crippen LogP contribution in [0.5, 0.6) is 0 Å². The third kappa shape index (κ3) is 4.69. The predicted molar refractivity (Wildman–Crippen MR) is 108 cm³/mol. The molecule has 0 aliphatic heterocycles. The highest BCUT2D eigenvalue weighted by molar-refractivity contribution is 7.89.